The molecular weight excluding hydrogens is 272 g/mol. The molecule has 112 valence electrons. The van der Waals surface area contributed by atoms with Crippen LogP contribution in [0.15, 0.2) is 5.38 Å². The Bertz CT molecular complexity index is 440. The van der Waals surface area contributed by atoms with Crippen LogP contribution in [0.3, 0.4) is 0 Å². The van der Waals surface area contributed by atoms with Gasteiger partial charge in [0.2, 0.25) is 5.91 Å². The number of carbonyl (C=O) groups excluding carboxylic acids is 1. The Balaban J connectivity index is 1.83. The van der Waals surface area contributed by atoms with Crippen LogP contribution < -0.4 is 10.2 Å². The molecule has 0 saturated carbocycles. The van der Waals surface area contributed by atoms with Crippen LogP contribution in [-0.4, -0.2) is 56.1 Å². The second kappa shape index (κ2) is 7.04. The number of thiazole rings is 1. The SMILES string of the molecule is CNCCN(C)C(=O)C1CCN(c2nc(C)cs2)CC1. The van der Waals surface area contributed by atoms with Gasteiger partial charge >= 0.3 is 0 Å². The van der Waals surface area contributed by atoms with E-state index in [4.69, 9.17) is 0 Å². The lowest BCUT2D eigenvalue weighted by Gasteiger charge is -2.33. The Hall–Kier alpha value is -1.14. The number of rotatable bonds is 5. The number of hydrogen-bond acceptors (Lipinski definition) is 5. The predicted octanol–water partition coefficient (Wildman–Crippen LogP) is 1.35. The van der Waals surface area contributed by atoms with Crippen molar-refractivity contribution in [2.75, 3.05) is 45.2 Å². The average molecular weight is 296 g/mol. The smallest absolute Gasteiger partial charge is 0.225 e. The fourth-order valence-electron chi connectivity index (χ4n) is 2.51. The third-order valence-corrected chi connectivity index (χ3v) is 4.81. The first-order valence-electron chi connectivity index (χ1n) is 7.18. The van der Waals surface area contributed by atoms with Gasteiger partial charge in [-0.15, -0.1) is 11.3 Å². The number of amides is 1. The summed E-state index contributed by atoms with van der Waals surface area (Å²) in [6.45, 7) is 5.51. The van der Waals surface area contributed by atoms with Crippen LogP contribution in [0.2, 0.25) is 0 Å². The van der Waals surface area contributed by atoms with Gasteiger partial charge < -0.3 is 15.1 Å². The topological polar surface area (TPSA) is 48.5 Å². The number of nitrogens with zero attached hydrogens (tertiary/aromatic N) is 3. The van der Waals surface area contributed by atoms with E-state index in [0.717, 1.165) is 49.8 Å². The van der Waals surface area contributed by atoms with Crippen molar-refractivity contribution in [2.24, 2.45) is 5.92 Å². The van der Waals surface area contributed by atoms with Gasteiger partial charge in [0.25, 0.3) is 0 Å². The molecule has 0 radical (unpaired) electrons. The Morgan fingerprint density at radius 1 is 1.55 bits per heavy atom. The molecule has 0 spiro atoms. The van der Waals surface area contributed by atoms with Gasteiger partial charge in [0.1, 0.15) is 0 Å². The number of hydrogen-bond donors (Lipinski definition) is 1. The van der Waals surface area contributed by atoms with Crippen LogP contribution in [0.5, 0.6) is 0 Å². The molecule has 5 nitrogen and oxygen atoms in total. The number of piperidine rings is 1. The highest BCUT2D eigenvalue weighted by Gasteiger charge is 2.27. The van der Waals surface area contributed by atoms with E-state index < -0.39 is 0 Å². The monoisotopic (exact) mass is 296 g/mol. The lowest BCUT2D eigenvalue weighted by Crippen LogP contribution is -2.42. The molecule has 2 rings (SSSR count). The molecule has 1 N–H and O–H groups in total. The van der Waals surface area contributed by atoms with Crippen molar-refractivity contribution < 1.29 is 4.79 Å². The number of carbonyl (C=O) groups is 1. The summed E-state index contributed by atoms with van der Waals surface area (Å²) < 4.78 is 0. The number of likely N-dealkylation sites (N-methyl/N-ethyl adjacent to an activating group) is 2. The van der Waals surface area contributed by atoms with Gasteiger partial charge in [0, 0.05) is 44.5 Å². The second-order valence-corrected chi connectivity index (χ2v) is 6.23. The van der Waals surface area contributed by atoms with Crippen LogP contribution in [0.4, 0.5) is 5.13 Å². The van der Waals surface area contributed by atoms with Gasteiger partial charge in [-0.3, -0.25) is 4.79 Å². The molecule has 1 fully saturated rings. The third-order valence-electron chi connectivity index (χ3n) is 3.80. The van der Waals surface area contributed by atoms with Crippen LogP contribution in [0.1, 0.15) is 18.5 Å². The van der Waals surface area contributed by atoms with E-state index in [1.54, 1.807) is 11.3 Å². The summed E-state index contributed by atoms with van der Waals surface area (Å²) in [6.07, 6.45) is 1.86. The zero-order chi connectivity index (χ0) is 14.5. The molecule has 1 amide bonds. The Morgan fingerprint density at radius 3 is 2.80 bits per heavy atom. The van der Waals surface area contributed by atoms with Crippen molar-refractivity contribution in [3.8, 4) is 0 Å². The van der Waals surface area contributed by atoms with Crippen molar-refractivity contribution in [3.05, 3.63) is 11.1 Å². The molecule has 0 aliphatic carbocycles. The van der Waals surface area contributed by atoms with Gasteiger partial charge in [-0.1, -0.05) is 0 Å². The van der Waals surface area contributed by atoms with Crippen molar-refractivity contribution in [1.82, 2.24) is 15.2 Å². The minimum atomic E-state index is 0.175. The molecule has 1 aromatic heterocycles. The molecule has 0 atom stereocenters. The first-order chi connectivity index (χ1) is 9.61. The van der Waals surface area contributed by atoms with Crippen molar-refractivity contribution in [2.45, 2.75) is 19.8 Å². The largest absolute Gasteiger partial charge is 0.348 e. The molecule has 1 aromatic rings. The number of aryl methyl sites for hydroxylation is 1. The summed E-state index contributed by atoms with van der Waals surface area (Å²) in [6, 6.07) is 0. The molecule has 1 aliphatic heterocycles. The quantitative estimate of drug-likeness (QED) is 0.891. The molecule has 0 aromatic carbocycles. The Labute approximate surface area is 125 Å². The Kier molecular flexibility index (Phi) is 5.37. The normalized spacial score (nSPS) is 16.4. The van der Waals surface area contributed by atoms with Gasteiger partial charge in [-0.25, -0.2) is 4.98 Å². The van der Waals surface area contributed by atoms with Crippen molar-refractivity contribution in [3.63, 3.8) is 0 Å². The number of nitrogens with one attached hydrogen (secondary N) is 1. The maximum atomic E-state index is 12.3. The van der Waals surface area contributed by atoms with Gasteiger partial charge in [-0.2, -0.15) is 0 Å². The Morgan fingerprint density at radius 2 is 2.25 bits per heavy atom. The minimum Gasteiger partial charge on any atom is -0.348 e. The summed E-state index contributed by atoms with van der Waals surface area (Å²) in [7, 11) is 3.81. The average Bonchev–Trinajstić information content (AvgIpc) is 2.90. The highest BCUT2D eigenvalue weighted by molar-refractivity contribution is 7.13. The first kappa shape index (κ1) is 15.3. The zero-order valence-corrected chi connectivity index (χ0v) is 13.4. The molecule has 1 saturated heterocycles. The van der Waals surface area contributed by atoms with Crippen molar-refractivity contribution >= 4 is 22.4 Å². The fourth-order valence-corrected chi connectivity index (χ4v) is 3.36. The fraction of sp³-hybridized carbons (Fsp3) is 0.714. The van der Waals surface area contributed by atoms with E-state index >= 15 is 0 Å². The van der Waals surface area contributed by atoms with E-state index in [-0.39, 0.29) is 11.8 Å². The van der Waals surface area contributed by atoms with Crippen LogP contribution in [0.25, 0.3) is 0 Å². The molecular formula is C14H24N4OS. The van der Waals surface area contributed by atoms with Crippen LogP contribution in [-0.2, 0) is 4.79 Å². The highest BCUT2D eigenvalue weighted by Crippen LogP contribution is 2.26. The molecule has 0 unspecified atom stereocenters. The second-order valence-electron chi connectivity index (χ2n) is 5.40. The van der Waals surface area contributed by atoms with E-state index in [0.29, 0.717) is 0 Å². The summed E-state index contributed by atoms with van der Waals surface area (Å²) in [5.41, 5.74) is 1.08. The third kappa shape index (κ3) is 3.70. The van der Waals surface area contributed by atoms with Crippen LogP contribution in [0, 0.1) is 12.8 Å². The summed E-state index contributed by atoms with van der Waals surface area (Å²) >= 11 is 1.69. The summed E-state index contributed by atoms with van der Waals surface area (Å²) in [5, 5.41) is 6.25. The van der Waals surface area contributed by atoms with Gasteiger partial charge in [0.15, 0.2) is 5.13 Å². The summed E-state index contributed by atoms with van der Waals surface area (Å²) in [5.74, 6) is 0.462. The summed E-state index contributed by atoms with van der Waals surface area (Å²) in [4.78, 5) is 21.0. The first-order valence-corrected chi connectivity index (χ1v) is 8.06. The maximum absolute atomic E-state index is 12.3. The van der Waals surface area contributed by atoms with Crippen LogP contribution >= 0.6 is 11.3 Å². The van der Waals surface area contributed by atoms with E-state index in [1.807, 2.05) is 25.9 Å². The van der Waals surface area contributed by atoms with E-state index in [2.05, 4.69) is 20.6 Å². The highest BCUT2D eigenvalue weighted by atomic mass is 32.1. The zero-order valence-electron chi connectivity index (χ0n) is 12.6. The lowest BCUT2D eigenvalue weighted by atomic mass is 9.95. The number of anilines is 1. The molecule has 2 heterocycles. The molecule has 1 aliphatic rings. The van der Waals surface area contributed by atoms with E-state index in [9.17, 15) is 4.79 Å². The minimum absolute atomic E-state index is 0.175. The maximum Gasteiger partial charge on any atom is 0.225 e. The molecule has 20 heavy (non-hydrogen) atoms. The van der Waals surface area contributed by atoms with Crippen molar-refractivity contribution in [1.29, 1.82) is 0 Å². The number of aromatic nitrogens is 1. The molecule has 6 heteroatoms. The van der Waals surface area contributed by atoms with Gasteiger partial charge in [-0.05, 0) is 26.8 Å². The van der Waals surface area contributed by atoms with Gasteiger partial charge in [0.05, 0.1) is 5.69 Å². The standard InChI is InChI=1S/C14H24N4OS/c1-11-10-20-14(16-11)18-7-4-12(5-8-18)13(19)17(3)9-6-15-2/h10,12,15H,4-9H2,1-3H3. The predicted molar refractivity (Wildman–Crippen MR) is 83.4 cm³/mol. The van der Waals surface area contributed by atoms with E-state index in [1.165, 1.54) is 0 Å². The molecule has 0 bridgehead atoms. The lowest BCUT2D eigenvalue weighted by molar-refractivity contribution is -0.134.